The number of fused-ring (bicyclic) bond motifs is 6. The summed E-state index contributed by atoms with van der Waals surface area (Å²) >= 11 is 0. The van der Waals surface area contributed by atoms with E-state index in [2.05, 4.69) is 112 Å². The van der Waals surface area contributed by atoms with E-state index < -0.39 is 0 Å². The van der Waals surface area contributed by atoms with E-state index in [4.69, 9.17) is 0 Å². The van der Waals surface area contributed by atoms with Crippen LogP contribution in [-0.2, 0) is 20.1 Å². The van der Waals surface area contributed by atoms with Crippen molar-refractivity contribution in [3.05, 3.63) is 134 Å². The fourth-order valence-electron chi connectivity index (χ4n) is 5.66. The number of pyridine rings is 1. The average Bonchev–Trinajstić information content (AvgIpc) is 3.73. The normalized spacial score (nSPS) is 12.8. The minimum Gasteiger partial charge on any atom is -0.508 e. The maximum absolute atomic E-state index is 4.22. The summed E-state index contributed by atoms with van der Waals surface area (Å²) in [5.41, 5.74) is 6.91. The minimum atomic E-state index is 0. The van der Waals surface area contributed by atoms with E-state index in [1.807, 2.05) is 42.5 Å². The zero-order valence-corrected chi connectivity index (χ0v) is 25.2. The molecule has 0 aliphatic carbocycles. The first kappa shape index (κ1) is 27.0. The van der Waals surface area contributed by atoms with Crippen LogP contribution in [0.3, 0.4) is 0 Å². The summed E-state index contributed by atoms with van der Waals surface area (Å²) in [6.45, 7) is 5.47. The number of para-hydroxylation sites is 2. The number of unbranched alkanes of at least 4 members (excludes halogenated alkanes) is 1. The van der Waals surface area contributed by atoms with E-state index in [0.717, 1.165) is 23.5 Å². The van der Waals surface area contributed by atoms with Crippen molar-refractivity contribution in [2.75, 3.05) is 11.4 Å². The molecule has 4 nitrogen and oxygen atoms in total. The van der Waals surface area contributed by atoms with Gasteiger partial charge in [0.2, 0.25) is 0 Å². The van der Waals surface area contributed by atoms with Crippen LogP contribution in [0.25, 0.3) is 49.4 Å². The molecule has 0 unspecified atom stereocenters. The number of nitrogens with zero attached hydrogens (tertiary/aromatic N) is 4. The SMILES string of the molecule is CCCCN1C=CN(c2[c-]ccc3c4cccc5c6ccccc6n(c23)c54)[CH-]1.[Ir+3].[c-]1ccccc1-c1ccccn1. The van der Waals surface area contributed by atoms with E-state index in [0.29, 0.717) is 0 Å². The van der Waals surface area contributed by atoms with Gasteiger partial charge in [0.05, 0.1) is 0 Å². The van der Waals surface area contributed by atoms with Crippen LogP contribution in [0.5, 0.6) is 0 Å². The van der Waals surface area contributed by atoms with Gasteiger partial charge in [-0.05, 0) is 54.1 Å². The molecule has 1 aliphatic rings. The fraction of sp³-hybridized carbons (Fsp3) is 0.111. The Morgan fingerprint density at radius 2 is 1.51 bits per heavy atom. The second-order valence-electron chi connectivity index (χ2n) is 10.0. The van der Waals surface area contributed by atoms with Crippen molar-refractivity contribution in [3.63, 3.8) is 0 Å². The largest absolute Gasteiger partial charge is 3.00 e. The summed E-state index contributed by atoms with van der Waals surface area (Å²) in [5, 5.41) is 5.23. The van der Waals surface area contributed by atoms with Gasteiger partial charge in [0.1, 0.15) is 0 Å². The number of aromatic nitrogens is 2. The Balaban J connectivity index is 0.000000196. The van der Waals surface area contributed by atoms with Gasteiger partial charge in [0.15, 0.2) is 0 Å². The van der Waals surface area contributed by atoms with Crippen LogP contribution in [0.2, 0.25) is 0 Å². The Bertz CT molecular complexity index is 1890. The topological polar surface area (TPSA) is 23.8 Å². The number of hydrogen-bond donors (Lipinski definition) is 0. The Kier molecular flexibility index (Phi) is 7.73. The van der Waals surface area contributed by atoms with Gasteiger partial charge in [0.25, 0.3) is 0 Å². The van der Waals surface area contributed by atoms with Gasteiger partial charge in [-0.15, -0.1) is 41.3 Å². The van der Waals surface area contributed by atoms with Gasteiger partial charge >= 0.3 is 20.1 Å². The average molecular weight is 710 g/mol. The van der Waals surface area contributed by atoms with Crippen LogP contribution < -0.4 is 4.90 Å². The van der Waals surface area contributed by atoms with E-state index >= 15 is 0 Å². The first-order valence-corrected chi connectivity index (χ1v) is 13.9. The summed E-state index contributed by atoms with van der Waals surface area (Å²) in [6, 6.07) is 39.9. The number of rotatable bonds is 5. The van der Waals surface area contributed by atoms with Gasteiger partial charge in [-0.2, -0.15) is 24.9 Å². The van der Waals surface area contributed by atoms with Gasteiger partial charge < -0.3 is 19.2 Å². The molecule has 0 radical (unpaired) electrons. The molecule has 0 fully saturated rings. The molecule has 0 amide bonds. The predicted molar refractivity (Wildman–Crippen MR) is 166 cm³/mol. The van der Waals surface area contributed by atoms with Crippen molar-refractivity contribution in [2.45, 2.75) is 19.8 Å². The number of anilines is 1. The third-order valence-electron chi connectivity index (χ3n) is 7.53. The van der Waals surface area contributed by atoms with Crippen LogP contribution in [0.15, 0.2) is 116 Å². The molecule has 0 spiro atoms. The van der Waals surface area contributed by atoms with E-state index in [1.54, 1.807) is 6.20 Å². The van der Waals surface area contributed by atoms with Gasteiger partial charge in [-0.25, -0.2) is 0 Å². The second-order valence-corrected chi connectivity index (χ2v) is 10.0. The third kappa shape index (κ3) is 4.86. The van der Waals surface area contributed by atoms with Crippen molar-refractivity contribution in [1.82, 2.24) is 14.3 Å². The van der Waals surface area contributed by atoms with E-state index in [9.17, 15) is 0 Å². The van der Waals surface area contributed by atoms with E-state index in [1.165, 1.54) is 50.9 Å². The Morgan fingerprint density at radius 3 is 2.32 bits per heavy atom. The van der Waals surface area contributed by atoms with Crippen molar-refractivity contribution < 1.29 is 20.1 Å². The maximum atomic E-state index is 4.22. The molecular weight excluding hydrogens is 681 g/mol. The monoisotopic (exact) mass is 710 g/mol. The molecular formula is C36H29IrN4. The van der Waals surface area contributed by atoms with Crippen LogP contribution in [0.1, 0.15) is 19.8 Å². The number of hydrogen-bond acceptors (Lipinski definition) is 3. The van der Waals surface area contributed by atoms with Crippen LogP contribution >= 0.6 is 0 Å². The first-order valence-electron chi connectivity index (χ1n) is 13.9. The molecule has 0 bridgehead atoms. The summed E-state index contributed by atoms with van der Waals surface area (Å²) in [7, 11) is 0. The molecule has 0 N–H and O–H groups in total. The molecule has 0 saturated heterocycles. The molecule has 4 aromatic carbocycles. The molecule has 3 aromatic heterocycles. The molecule has 0 atom stereocenters. The van der Waals surface area contributed by atoms with Crippen LogP contribution in [0.4, 0.5) is 5.69 Å². The standard InChI is InChI=1S/C25H21N3.C11H8N.Ir/c1-2-3-14-26-15-16-27(17-26)23-13-7-11-21-20-10-6-9-19-18-8-4-5-12-22(18)28(24(19)20)25(21)23;1-2-6-10(7-3-1)11-8-4-5-9-12-11;/h4-12,15-17H,2-3,14H2,1H3;1-6,8-9H;/q-2;-1;+3. The van der Waals surface area contributed by atoms with Gasteiger partial charge in [-0.1, -0.05) is 67.6 Å². The molecule has 41 heavy (non-hydrogen) atoms. The summed E-state index contributed by atoms with van der Waals surface area (Å²) in [6.07, 6.45) is 8.49. The molecule has 4 heterocycles. The van der Waals surface area contributed by atoms with Crippen LogP contribution in [-0.4, -0.2) is 20.8 Å². The minimum absolute atomic E-state index is 0. The molecule has 202 valence electrons. The fourth-order valence-corrected chi connectivity index (χ4v) is 5.66. The van der Waals surface area contributed by atoms with E-state index in [-0.39, 0.29) is 20.1 Å². The molecule has 1 aliphatic heterocycles. The Labute approximate surface area is 254 Å². The zero-order valence-electron chi connectivity index (χ0n) is 22.8. The molecule has 0 saturated carbocycles. The summed E-state index contributed by atoms with van der Waals surface area (Å²) in [4.78, 5) is 8.69. The molecule has 5 heteroatoms. The smallest absolute Gasteiger partial charge is 0.508 e. The Morgan fingerprint density at radius 1 is 0.732 bits per heavy atom. The zero-order chi connectivity index (χ0) is 26.9. The second kappa shape index (κ2) is 11.7. The maximum Gasteiger partial charge on any atom is 3.00 e. The van der Waals surface area contributed by atoms with Gasteiger partial charge in [-0.3, -0.25) is 0 Å². The van der Waals surface area contributed by atoms with Crippen molar-refractivity contribution in [2.24, 2.45) is 0 Å². The van der Waals surface area contributed by atoms with Crippen LogP contribution in [0, 0.1) is 18.8 Å². The van der Waals surface area contributed by atoms with Crippen molar-refractivity contribution in [3.8, 4) is 11.3 Å². The summed E-state index contributed by atoms with van der Waals surface area (Å²) in [5.74, 6) is 0. The number of benzene rings is 4. The first-order chi connectivity index (χ1) is 19.8. The quantitative estimate of drug-likeness (QED) is 0.167. The molecule has 7 aromatic rings. The molecule has 8 rings (SSSR count). The van der Waals surface area contributed by atoms with Crippen molar-refractivity contribution in [1.29, 1.82) is 0 Å². The third-order valence-corrected chi connectivity index (χ3v) is 7.53. The Hall–Kier alpha value is -4.18. The van der Waals surface area contributed by atoms with Crippen molar-refractivity contribution >= 4 is 43.8 Å². The summed E-state index contributed by atoms with van der Waals surface area (Å²) < 4.78 is 2.43. The van der Waals surface area contributed by atoms with Gasteiger partial charge in [0, 0.05) is 28.0 Å². The predicted octanol–water partition coefficient (Wildman–Crippen LogP) is 8.70.